The number of para-hydroxylation sites is 2. The van der Waals surface area contributed by atoms with Crippen LogP contribution in [0.15, 0.2) is 48.5 Å². The Morgan fingerprint density at radius 1 is 0.968 bits per heavy atom. The molecule has 2 aromatic rings. The predicted molar refractivity (Wildman–Crippen MR) is 120 cm³/mol. The van der Waals surface area contributed by atoms with Gasteiger partial charge in [0.05, 0.1) is 6.61 Å². The monoisotopic (exact) mass is 426 g/mol. The highest BCUT2D eigenvalue weighted by Crippen LogP contribution is 2.26. The van der Waals surface area contributed by atoms with E-state index in [2.05, 4.69) is 17.1 Å². The molecule has 1 aliphatic heterocycles. The van der Waals surface area contributed by atoms with Crippen LogP contribution in [0.4, 0.5) is 11.4 Å². The van der Waals surface area contributed by atoms with E-state index in [9.17, 15) is 9.59 Å². The Morgan fingerprint density at radius 3 is 2.26 bits per heavy atom. The maximum atomic E-state index is 12.1. The molecule has 1 saturated heterocycles. The summed E-state index contributed by atoms with van der Waals surface area (Å²) in [6.45, 7) is 6.07. The van der Waals surface area contributed by atoms with E-state index < -0.39 is 11.9 Å². The van der Waals surface area contributed by atoms with Gasteiger partial charge in [-0.05, 0) is 62.1 Å². The molecule has 1 heterocycles. The van der Waals surface area contributed by atoms with Crippen LogP contribution >= 0.6 is 0 Å². The third-order valence-electron chi connectivity index (χ3n) is 5.16. The van der Waals surface area contributed by atoms with Gasteiger partial charge in [0.2, 0.25) is 0 Å². The van der Waals surface area contributed by atoms with Gasteiger partial charge in [-0.15, -0.1) is 0 Å². The fraction of sp³-hybridized carbons (Fsp3) is 0.417. The van der Waals surface area contributed by atoms with Crippen molar-refractivity contribution < 1.29 is 23.8 Å². The third-order valence-corrected chi connectivity index (χ3v) is 5.16. The second kappa shape index (κ2) is 11.2. The molecule has 0 atom stereocenters. The highest BCUT2D eigenvalue weighted by molar-refractivity contribution is 5.93. The number of nitrogens with one attached hydrogen (secondary N) is 1. The summed E-state index contributed by atoms with van der Waals surface area (Å²) in [7, 11) is 0. The Morgan fingerprint density at radius 2 is 1.61 bits per heavy atom. The maximum Gasteiger partial charge on any atom is 0.344 e. The molecule has 1 N–H and O–H groups in total. The second-order valence-electron chi connectivity index (χ2n) is 7.59. The SMILES string of the molecule is CCOc1ccccc1OCC(=O)OCC(=O)Nc1ccc(N2CCC(C)CC2)cc1. The average molecular weight is 427 g/mol. The lowest BCUT2D eigenvalue weighted by Gasteiger charge is -2.32. The van der Waals surface area contributed by atoms with Crippen LogP contribution in [0.1, 0.15) is 26.7 Å². The average Bonchev–Trinajstić information content (AvgIpc) is 2.78. The largest absolute Gasteiger partial charge is 0.490 e. The number of carbonyl (C=O) groups excluding carboxylic acids is 2. The van der Waals surface area contributed by atoms with Crippen LogP contribution in [0.3, 0.4) is 0 Å². The van der Waals surface area contributed by atoms with Crippen LogP contribution in [-0.2, 0) is 14.3 Å². The van der Waals surface area contributed by atoms with E-state index in [0.717, 1.165) is 24.7 Å². The molecule has 166 valence electrons. The van der Waals surface area contributed by atoms with Gasteiger partial charge in [0.1, 0.15) is 0 Å². The van der Waals surface area contributed by atoms with E-state index in [1.165, 1.54) is 12.8 Å². The Balaban J connectivity index is 1.40. The molecule has 1 amide bonds. The van der Waals surface area contributed by atoms with E-state index in [4.69, 9.17) is 14.2 Å². The molecule has 1 fully saturated rings. The summed E-state index contributed by atoms with van der Waals surface area (Å²) in [4.78, 5) is 26.4. The van der Waals surface area contributed by atoms with Crippen molar-refractivity contribution in [3.05, 3.63) is 48.5 Å². The Labute approximate surface area is 183 Å². The maximum absolute atomic E-state index is 12.1. The first kappa shape index (κ1) is 22.5. The molecule has 31 heavy (non-hydrogen) atoms. The van der Waals surface area contributed by atoms with Crippen molar-refractivity contribution in [3.8, 4) is 11.5 Å². The summed E-state index contributed by atoms with van der Waals surface area (Å²) in [6.07, 6.45) is 2.40. The van der Waals surface area contributed by atoms with Gasteiger partial charge in [0, 0.05) is 24.5 Å². The lowest BCUT2D eigenvalue weighted by Crippen LogP contribution is -2.32. The van der Waals surface area contributed by atoms with Crippen molar-refractivity contribution in [2.45, 2.75) is 26.7 Å². The number of piperidine rings is 1. The minimum atomic E-state index is -0.629. The first-order chi connectivity index (χ1) is 15.0. The second-order valence-corrected chi connectivity index (χ2v) is 7.59. The molecule has 2 aromatic carbocycles. The molecule has 1 aliphatic rings. The number of hydrogen-bond donors (Lipinski definition) is 1. The van der Waals surface area contributed by atoms with E-state index in [1.54, 1.807) is 18.2 Å². The summed E-state index contributed by atoms with van der Waals surface area (Å²) in [6, 6.07) is 14.8. The highest BCUT2D eigenvalue weighted by Gasteiger charge is 2.16. The summed E-state index contributed by atoms with van der Waals surface area (Å²) in [5.41, 5.74) is 1.82. The van der Waals surface area contributed by atoms with E-state index >= 15 is 0 Å². The van der Waals surface area contributed by atoms with Crippen molar-refractivity contribution >= 4 is 23.3 Å². The fourth-order valence-electron chi connectivity index (χ4n) is 3.39. The molecule has 0 unspecified atom stereocenters. The number of amides is 1. The van der Waals surface area contributed by atoms with Crippen LogP contribution in [-0.4, -0.2) is 44.8 Å². The van der Waals surface area contributed by atoms with Gasteiger partial charge in [0.25, 0.3) is 5.91 Å². The first-order valence-corrected chi connectivity index (χ1v) is 10.7. The highest BCUT2D eigenvalue weighted by atomic mass is 16.6. The molecule has 0 bridgehead atoms. The molecule has 7 nitrogen and oxygen atoms in total. The number of hydrogen-bond acceptors (Lipinski definition) is 6. The topological polar surface area (TPSA) is 77.1 Å². The van der Waals surface area contributed by atoms with Gasteiger partial charge in [0.15, 0.2) is 24.7 Å². The molecular weight excluding hydrogens is 396 g/mol. The number of anilines is 2. The molecular formula is C24H30N2O5. The van der Waals surface area contributed by atoms with Gasteiger partial charge in [-0.1, -0.05) is 19.1 Å². The molecule has 0 saturated carbocycles. The van der Waals surface area contributed by atoms with Crippen molar-refractivity contribution in [3.63, 3.8) is 0 Å². The van der Waals surface area contributed by atoms with Gasteiger partial charge in [-0.3, -0.25) is 4.79 Å². The third kappa shape index (κ3) is 6.91. The van der Waals surface area contributed by atoms with Crippen LogP contribution in [0.25, 0.3) is 0 Å². The smallest absolute Gasteiger partial charge is 0.344 e. The molecule has 0 radical (unpaired) electrons. The van der Waals surface area contributed by atoms with Crippen molar-refractivity contribution in [2.24, 2.45) is 5.92 Å². The minimum Gasteiger partial charge on any atom is -0.490 e. The van der Waals surface area contributed by atoms with E-state index in [1.807, 2.05) is 37.3 Å². The van der Waals surface area contributed by atoms with Crippen LogP contribution < -0.4 is 19.7 Å². The Kier molecular flexibility index (Phi) is 8.15. The summed E-state index contributed by atoms with van der Waals surface area (Å²) >= 11 is 0. The Hall–Kier alpha value is -3.22. The number of benzene rings is 2. The molecule has 0 spiro atoms. The van der Waals surface area contributed by atoms with Crippen molar-refractivity contribution in [1.29, 1.82) is 0 Å². The fourth-order valence-corrected chi connectivity index (χ4v) is 3.39. The van der Waals surface area contributed by atoms with Crippen LogP contribution in [0.2, 0.25) is 0 Å². The summed E-state index contributed by atoms with van der Waals surface area (Å²) in [5, 5.41) is 2.74. The molecule has 7 heteroatoms. The van der Waals surface area contributed by atoms with Crippen LogP contribution in [0, 0.1) is 5.92 Å². The van der Waals surface area contributed by atoms with Gasteiger partial charge in [-0.2, -0.15) is 0 Å². The summed E-state index contributed by atoms with van der Waals surface area (Å²) < 4.78 is 15.9. The Bertz CT molecular complexity index is 861. The number of esters is 1. The number of carbonyl (C=O) groups is 2. The van der Waals surface area contributed by atoms with E-state index in [0.29, 0.717) is 23.8 Å². The predicted octanol–water partition coefficient (Wildman–Crippen LogP) is 3.88. The zero-order chi connectivity index (χ0) is 22.1. The number of nitrogens with zero attached hydrogens (tertiary/aromatic N) is 1. The van der Waals surface area contributed by atoms with Crippen LogP contribution in [0.5, 0.6) is 11.5 Å². The van der Waals surface area contributed by atoms with Crippen molar-refractivity contribution in [2.75, 3.05) is 43.1 Å². The lowest BCUT2D eigenvalue weighted by atomic mass is 9.99. The minimum absolute atomic E-state index is 0.305. The number of rotatable bonds is 9. The molecule has 3 rings (SSSR count). The van der Waals surface area contributed by atoms with Crippen molar-refractivity contribution in [1.82, 2.24) is 0 Å². The zero-order valence-electron chi connectivity index (χ0n) is 18.1. The first-order valence-electron chi connectivity index (χ1n) is 10.7. The number of ether oxygens (including phenoxy) is 3. The van der Waals surface area contributed by atoms with Gasteiger partial charge >= 0.3 is 5.97 Å². The quantitative estimate of drug-likeness (QED) is 0.613. The normalized spacial score (nSPS) is 14.1. The van der Waals surface area contributed by atoms with Gasteiger partial charge < -0.3 is 24.4 Å². The molecule has 0 aliphatic carbocycles. The molecule has 0 aromatic heterocycles. The zero-order valence-corrected chi connectivity index (χ0v) is 18.1. The summed E-state index contributed by atoms with van der Waals surface area (Å²) in [5.74, 6) is 0.758. The van der Waals surface area contributed by atoms with E-state index in [-0.39, 0.29) is 13.2 Å². The standard InChI is InChI=1S/C24H30N2O5/c1-3-29-21-6-4-5-7-22(21)30-17-24(28)31-16-23(27)25-19-8-10-20(11-9-19)26-14-12-18(2)13-15-26/h4-11,18H,3,12-17H2,1-2H3,(H,25,27). The van der Waals surface area contributed by atoms with Gasteiger partial charge in [-0.25, -0.2) is 4.79 Å². The lowest BCUT2D eigenvalue weighted by molar-refractivity contribution is -0.149.